The molecule has 0 aliphatic heterocycles. The molecular weight excluding hydrogens is 208 g/mol. The second kappa shape index (κ2) is 6.48. The van der Waals surface area contributed by atoms with Gasteiger partial charge in [0.25, 0.3) is 0 Å². The minimum absolute atomic E-state index is 0.0121. The minimum atomic E-state index is -0.296. The molecule has 2 amide bonds. The summed E-state index contributed by atoms with van der Waals surface area (Å²) in [5.41, 5.74) is 0. The Labute approximate surface area is 95.6 Å². The Balaban J connectivity index is 2.17. The first-order valence-corrected chi connectivity index (χ1v) is 5.79. The molecular formula is C11H20N2O3. The van der Waals surface area contributed by atoms with Gasteiger partial charge in [-0.3, -0.25) is 9.59 Å². The summed E-state index contributed by atoms with van der Waals surface area (Å²) in [6.45, 7) is 1.88. The topological polar surface area (TPSA) is 78.4 Å². The number of amides is 2. The molecule has 1 rings (SSSR count). The predicted molar refractivity (Wildman–Crippen MR) is 59.7 cm³/mol. The van der Waals surface area contributed by atoms with E-state index in [9.17, 15) is 14.7 Å². The van der Waals surface area contributed by atoms with Crippen LogP contribution in [-0.2, 0) is 9.59 Å². The highest BCUT2D eigenvalue weighted by atomic mass is 16.3. The van der Waals surface area contributed by atoms with Crippen molar-refractivity contribution in [3.05, 3.63) is 0 Å². The van der Waals surface area contributed by atoms with Gasteiger partial charge < -0.3 is 15.7 Å². The number of aliphatic hydroxyl groups excluding tert-OH is 1. The van der Waals surface area contributed by atoms with Crippen molar-refractivity contribution in [2.24, 2.45) is 5.92 Å². The zero-order chi connectivity index (χ0) is 12.0. The first kappa shape index (κ1) is 13.0. The first-order chi connectivity index (χ1) is 7.59. The van der Waals surface area contributed by atoms with Crippen LogP contribution in [0.1, 0.15) is 32.6 Å². The van der Waals surface area contributed by atoms with E-state index in [2.05, 4.69) is 10.6 Å². The van der Waals surface area contributed by atoms with Crippen LogP contribution < -0.4 is 10.6 Å². The fraction of sp³-hybridized carbons (Fsp3) is 0.818. The number of carbonyl (C=O) groups excluding carboxylic acids is 2. The van der Waals surface area contributed by atoms with Crippen LogP contribution >= 0.6 is 0 Å². The molecule has 2 atom stereocenters. The van der Waals surface area contributed by atoms with Crippen molar-refractivity contribution in [3.63, 3.8) is 0 Å². The van der Waals surface area contributed by atoms with Crippen molar-refractivity contribution >= 4 is 11.8 Å². The van der Waals surface area contributed by atoms with E-state index >= 15 is 0 Å². The van der Waals surface area contributed by atoms with Gasteiger partial charge in [-0.05, 0) is 12.8 Å². The minimum Gasteiger partial charge on any atom is -0.393 e. The summed E-state index contributed by atoms with van der Waals surface area (Å²) in [7, 11) is 0. The fourth-order valence-electron chi connectivity index (χ4n) is 1.94. The number of rotatable bonds is 4. The Bertz CT molecular complexity index is 256. The smallest absolute Gasteiger partial charge is 0.239 e. The van der Waals surface area contributed by atoms with Crippen LogP contribution in [0.4, 0.5) is 0 Å². The van der Waals surface area contributed by atoms with Gasteiger partial charge in [-0.2, -0.15) is 0 Å². The molecule has 0 aromatic carbocycles. The normalized spacial score (nSPS) is 24.9. The van der Waals surface area contributed by atoms with Crippen LogP contribution in [0.5, 0.6) is 0 Å². The van der Waals surface area contributed by atoms with Crippen molar-refractivity contribution < 1.29 is 14.7 Å². The van der Waals surface area contributed by atoms with Gasteiger partial charge in [-0.25, -0.2) is 0 Å². The van der Waals surface area contributed by atoms with E-state index in [4.69, 9.17) is 0 Å². The summed E-state index contributed by atoms with van der Waals surface area (Å²) in [4.78, 5) is 21.9. The highest BCUT2D eigenvalue weighted by molar-refractivity contribution is 5.83. The molecule has 3 N–H and O–H groups in total. The third-order valence-electron chi connectivity index (χ3n) is 2.93. The van der Waals surface area contributed by atoms with Crippen molar-refractivity contribution in [1.29, 1.82) is 0 Å². The first-order valence-electron chi connectivity index (χ1n) is 5.79. The van der Waals surface area contributed by atoms with Crippen molar-refractivity contribution in [2.45, 2.75) is 38.7 Å². The second-order valence-corrected chi connectivity index (χ2v) is 4.33. The summed E-state index contributed by atoms with van der Waals surface area (Å²) in [6, 6.07) is 0. The third-order valence-corrected chi connectivity index (χ3v) is 2.93. The highest BCUT2D eigenvalue weighted by Crippen LogP contribution is 2.23. The number of aliphatic hydroxyl groups is 1. The number of carbonyl (C=O) groups is 2. The molecule has 0 heterocycles. The van der Waals surface area contributed by atoms with E-state index in [1.165, 1.54) is 6.92 Å². The van der Waals surface area contributed by atoms with Crippen LogP contribution in [-0.4, -0.2) is 36.1 Å². The van der Waals surface area contributed by atoms with Crippen molar-refractivity contribution in [3.8, 4) is 0 Å². The van der Waals surface area contributed by atoms with Gasteiger partial charge in [0.05, 0.1) is 12.6 Å². The molecule has 1 fully saturated rings. The quantitative estimate of drug-likeness (QED) is 0.623. The van der Waals surface area contributed by atoms with E-state index in [-0.39, 0.29) is 30.4 Å². The van der Waals surface area contributed by atoms with Crippen molar-refractivity contribution in [1.82, 2.24) is 10.6 Å². The Morgan fingerprint density at radius 2 is 1.94 bits per heavy atom. The molecule has 1 aliphatic carbocycles. The van der Waals surface area contributed by atoms with Gasteiger partial charge in [0.15, 0.2) is 0 Å². The van der Waals surface area contributed by atoms with Crippen LogP contribution in [0.3, 0.4) is 0 Å². The van der Waals surface area contributed by atoms with Crippen LogP contribution in [0.2, 0.25) is 0 Å². The SMILES string of the molecule is CC(=O)NCC(=O)NCC1CCCCC1O. The summed E-state index contributed by atoms with van der Waals surface area (Å²) in [5.74, 6) is -0.254. The lowest BCUT2D eigenvalue weighted by Crippen LogP contribution is -2.41. The monoisotopic (exact) mass is 228 g/mol. The second-order valence-electron chi connectivity index (χ2n) is 4.33. The molecule has 92 valence electrons. The Hall–Kier alpha value is -1.10. The molecule has 0 saturated heterocycles. The van der Waals surface area contributed by atoms with Crippen molar-refractivity contribution in [2.75, 3.05) is 13.1 Å². The maximum atomic E-state index is 11.3. The number of hydrogen-bond donors (Lipinski definition) is 3. The van der Waals surface area contributed by atoms with E-state index in [0.29, 0.717) is 6.54 Å². The maximum Gasteiger partial charge on any atom is 0.239 e. The fourth-order valence-corrected chi connectivity index (χ4v) is 1.94. The molecule has 2 unspecified atom stereocenters. The summed E-state index contributed by atoms with van der Waals surface area (Å²) in [6.07, 6.45) is 3.67. The molecule has 1 aliphatic rings. The molecule has 5 nitrogen and oxygen atoms in total. The molecule has 0 spiro atoms. The van der Waals surface area contributed by atoms with E-state index in [1.807, 2.05) is 0 Å². The Kier molecular flexibility index (Phi) is 5.25. The van der Waals surface area contributed by atoms with Gasteiger partial charge in [0.1, 0.15) is 0 Å². The largest absolute Gasteiger partial charge is 0.393 e. The van der Waals surface area contributed by atoms with Gasteiger partial charge in [0, 0.05) is 19.4 Å². The van der Waals surface area contributed by atoms with Gasteiger partial charge in [0.2, 0.25) is 11.8 Å². The molecule has 16 heavy (non-hydrogen) atoms. The molecule has 1 saturated carbocycles. The van der Waals surface area contributed by atoms with Gasteiger partial charge in [-0.15, -0.1) is 0 Å². The predicted octanol–water partition coefficient (Wildman–Crippen LogP) is -0.210. The molecule has 5 heteroatoms. The Morgan fingerprint density at radius 3 is 2.56 bits per heavy atom. The van der Waals surface area contributed by atoms with Crippen LogP contribution in [0, 0.1) is 5.92 Å². The highest BCUT2D eigenvalue weighted by Gasteiger charge is 2.23. The Morgan fingerprint density at radius 1 is 1.25 bits per heavy atom. The lowest BCUT2D eigenvalue weighted by atomic mass is 9.86. The molecule has 0 aromatic rings. The molecule has 0 aromatic heterocycles. The molecule has 0 bridgehead atoms. The zero-order valence-corrected chi connectivity index (χ0v) is 9.66. The summed E-state index contributed by atoms with van der Waals surface area (Å²) >= 11 is 0. The van der Waals surface area contributed by atoms with Gasteiger partial charge in [-0.1, -0.05) is 12.8 Å². The average molecular weight is 228 g/mol. The summed E-state index contributed by atoms with van der Waals surface area (Å²) < 4.78 is 0. The average Bonchev–Trinajstić information content (AvgIpc) is 2.25. The van der Waals surface area contributed by atoms with Crippen LogP contribution in [0.15, 0.2) is 0 Å². The van der Waals surface area contributed by atoms with E-state index in [1.54, 1.807) is 0 Å². The van der Waals surface area contributed by atoms with E-state index in [0.717, 1.165) is 25.7 Å². The maximum absolute atomic E-state index is 11.3. The number of nitrogens with one attached hydrogen (secondary N) is 2. The number of hydrogen-bond acceptors (Lipinski definition) is 3. The molecule has 0 radical (unpaired) electrons. The van der Waals surface area contributed by atoms with E-state index < -0.39 is 0 Å². The third kappa shape index (κ3) is 4.61. The van der Waals surface area contributed by atoms with Gasteiger partial charge >= 0.3 is 0 Å². The van der Waals surface area contributed by atoms with Crippen LogP contribution in [0.25, 0.3) is 0 Å². The lowest BCUT2D eigenvalue weighted by molar-refractivity contribution is -0.125. The lowest BCUT2D eigenvalue weighted by Gasteiger charge is -2.27. The summed E-state index contributed by atoms with van der Waals surface area (Å²) in [5, 5.41) is 14.8. The standard InChI is InChI=1S/C11H20N2O3/c1-8(14)12-7-11(16)13-6-9-4-2-3-5-10(9)15/h9-10,15H,2-7H2,1H3,(H,12,14)(H,13,16). The zero-order valence-electron chi connectivity index (χ0n) is 9.66.